The Morgan fingerprint density at radius 3 is 1.30 bits per heavy atom. The minimum absolute atomic E-state index is 0.0406. The fraction of sp³-hybridized carbons (Fsp3) is 0.900. The monoisotopic (exact) mass is 602 g/mol. The molecule has 0 rings (SSSR count). The Hall–Kier alpha value is 0.497. The average molecular weight is 600 g/mol. The number of hydrogen-bond donors (Lipinski definition) is 1. The van der Waals surface area contributed by atoms with Gasteiger partial charge in [0.05, 0.1) is 0 Å². The van der Waals surface area contributed by atoms with E-state index in [9.17, 15) is 14.7 Å². The summed E-state index contributed by atoms with van der Waals surface area (Å²) in [5.41, 5.74) is 0. The minimum atomic E-state index is -2.83. The first-order valence-corrected chi connectivity index (χ1v) is 19.0. The number of carbonyl (C=O) groups excluding carboxylic acids is 2. The van der Waals surface area contributed by atoms with E-state index >= 15 is 0 Å². The zero-order valence-electron chi connectivity index (χ0n) is 19.5. The molecule has 0 aromatic heterocycles. The van der Waals surface area contributed by atoms with Crippen molar-refractivity contribution in [1.82, 2.24) is 0 Å². The fourth-order valence-electron chi connectivity index (χ4n) is 3.92. The van der Waals surface area contributed by atoms with E-state index in [0.29, 0.717) is 0 Å². The van der Waals surface area contributed by atoms with Crippen LogP contribution in [0.25, 0.3) is 0 Å². The first kappa shape index (κ1) is 27.5. The second-order valence-electron chi connectivity index (χ2n) is 11.9. The number of aliphatic hydroxyl groups excluding tert-OH is 1. The SMILES string of the molecule is C[C](C)(C)[SnH]([O]C(=O)CC(O)C(=O)[O][SnH]([C](C)(C)C)[C](C)(C)C)[C](C)(C)C. The molecule has 5 nitrogen and oxygen atoms in total. The van der Waals surface area contributed by atoms with Crippen molar-refractivity contribution in [3.63, 3.8) is 0 Å². The molecule has 1 N–H and O–H groups in total. The van der Waals surface area contributed by atoms with Gasteiger partial charge in [-0.25, -0.2) is 0 Å². The molecule has 0 fully saturated rings. The van der Waals surface area contributed by atoms with Gasteiger partial charge in [0.1, 0.15) is 0 Å². The Kier molecular flexibility index (Phi) is 9.71. The van der Waals surface area contributed by atoms with E-state index in [1.54, 1.807) is 0 Å². The van der Waals surface area contributed by atoms with Gasteiger partial charge in [0.15, 0.2) is 0 Å². The summed E-state index contributed by atoms with van der Waals surface area (Å²) in [7, 11) is 0. The molecule has 0 heterocycles. The van der Waals surface area contributed by atoms with Gasteiger partial charge in [-0.05, 0) is 0 Å². The Labute approximate surface area is 181 Å². The molecular weight excluding hydrogens is 558 g/mol. The Bertz CT molecular complexity index is 490. The van der Waals surface area contributed by atoms with E-state index in [0.717, 1.165) is 0 Å². The molecule has 0 radical (unpaired) electrons. The van der Waals surface area contributed by atoms with Crippen molar-refractivity contribution >= 4 is 52.3 Å². The zero-order chi connectivity index (χ0) is 22.0. The molecule has 0 aliphatic rings. The third-order valence-electron chi connectivity index (χ3n) is 4.26. The van der Waals surface area contributed by atoms with Crippen LogP contribution in [0.3, 0.4) is 0 Å². The summed E-state index contributed by atoms with van der Waals surface area (Å²) in [6.45, 7) is 25.1. The summed E-state index contributed by atoms with van der Waals surface area (Å²) in [4.78, 5) is 24.9. The predicted octanol–water partition coefficient (Wildman–Crippen LogP) is 4.47. The summed E-state index contributed by atoms with van der Waals surface area (Å²) < 4.78 is 11.4. The van der Waals surface area contributed by atoms with Gasteiger partial charge in [-0.2, -0.15) is 0 Å². The molecule has 0 aromatic rings. The molecule has 1 unspecified atom stereocenters. The third kappa shape index (κ3) is 9.70. The fourth-order valence-corrected chi connectivity index (χ4v) is 24.9. The van der Waals surface area contributed by atoms with E-state index < -0.39 is 58.4 Å². The van der Waals surface area contributed by atoms with Crippen LogP contribution in [0, 0.1) is 0 Å². The molecule has 0 saturated carbocycles. The standard InChI is InChI=1S/C4H6O5.4C4H9.2Sn.2H/c5-2(4(8)9)1-3(6)7;4*1-4(2)3;;;;/h2,5H,1H2,(H,6,7)(H,8,9);4*1-3H3;;;;/q;;;;;2*+1;;/p-2. The number of rotatable bonds is 5. The van der Waals surface area contributed by atoms with E-state index in [-0.39, 0.29) is 20.1 Å². The summed E-state index contributed by atoms with van der Waals surface area (Å²) in [5.74, 6) is -1.15. The summed E-state index contributed by atoms with van der Waals surface area (Å²) in [6, 6.07) is 0. The van der Waals surface area contributed by atoms with Crippen LogP contribution in [-0.4, -0.2) is 63.5 Å². The summed E-state index contributed by atoms with van der Waals surface area (Å²) in [5, 5.41) is 10.3. The van der Waals surface area contributed by atoms with Crippen LogP contribution in [0.4, 0.5) is 0 Å². The molecule has 0 saturated heterocycles. The van der Waals surface area contributed by atoms with Gasteiger partial charge >= 0.3 is 182 Å². The van der Waals surface area contributed by atoms with Crippen LogP contribution in [0.1, 0.15) is 89.5 Å². The van der Waals surface area contributed by atoms with Crippen molar-refractivity contribution in [2.45, 2.75) is 109 Å². The molecule has 7 heteroatoms. The first-order valence-electron chi connectivity index (χ1n) is 9.75. The molecule has 0 spiro atoms. The van der Waals surface area contributed by atoms with Crippen LogP contribution in [0.15, 0.2) is 0 Å². The zero-order valence-corrected chi connectivity index (χ0v) is 26.1. The third-order valence-corrected chi connectivity index (χ3v) is 25.0. The van der Waals surface area contributed by atoms with Gasteiger partial charge in [0.2, 0.25) is 0 Å². The van der Waals surface area contributed by atoms with Gasteiger partial charge in [-0.1, -0.05) is 0 Å². The topological polar surface area (TPSA) is 72.8 Å². The van der Waals surface area contributed by atoms with Crippen molar-refractivity contribution in [3.8, 4) is 0 Å². The quantitative estimate of drug-likeness (QED) is 0.472. The van der Waals surface area contributed by atoms with Crippen molar-refractivity contribution in [2.75, 3.05) is 0 Å². The number of carbonyl (C=O) groups is 2. The molecule has 0 aliphatic heterocycles. The van der Waals surface area contributed by atoms with Crippen LogP contribution in [-0.2, 0) is 15.7 Å². The van der Waals surface area contributed by atoms with Crippen LogP contribution in [0.2, 0.25) is 13.7 Å². The molecular formula is C20H42O5Sn2. The average Bonchev–Trinajstić information content (AvgIpc) is 2.36. The van der Waals surface area contributed by atoms with Crippen molar-refractivity contribution in [3.05, 3.63) is 0 Å². The van der Waals surface area contributed by atoms with E-state index in [2.05, 4.69) is 83.1 Å². The number of aliphatic hydroxyl groups is 1. The molecule has 0 aromatic carbocycles. The van der Waals surface area contributed by atoms with E-state index in [1.807, 2.05) is 0 Å². The van der Waals surface area contributed by atoms with Gasteiger partial charge in [0, 0.05) is 0 Å². The molecule has 160 valence electrons. The first-order chi connectivity index (χ1) is 11.7. The maximum absolute atomic E-state index is 12.5. The van der Waals surface area contributed by atoms with Crippen LogP contribution < -0.4 is 0 Å². The van der Waals surface area contributed by atoms with E-state index in [4.69, 9.17) is 6.15 Å². The Morgan fingerprint density at radius 1 is 0.704 bits per heavy atom. The molecule has 0 bridgehead atoms. The summed E-state index contributed by atoms with van der Waals surface area (Å²) in [6.07, 6.45) is -1.78. The Balaban J connectivity index is 5.09. The molecule has 27 heavy (non-hydrogen) atoms. The van der Waals surface area contributed by atoms with Gasteiger partial charge in [-0.15, -0.1) is 0 Å². The van der Waals surface area contributed by atoms with E-state index in [1.165, 1.54) is 0 Å². The van der Waals surface area contributed by atoms with Gasteiger partial charge in [0.25, 0.3) is 0 Å². The molecule has 0 aliphatic carbocycles. The van der Waals surface area contributed by atoms with Crippen molar-refractivity contribution in [1.29, 1.82) is 0 Å². The van der Waals surface area contributed by atoms with Crippen molar-refractivity contribution < 1.29 is 20.8 Å². The van der Waals surface area contributed by atoms with Crippen LogP contribution >= 0.6 is 0 Å². The van der Waals surface area contributed by atoms with Crippen molar-refractivity contribution in [2.24, 2.45) is 0 Å². The van der Waals surface area contributed by atoms with Crippen LogP contribution in [0.5, 0.6) is 0 Å². The molecule has 1 atom stereocenters. The second kappa shape index (κ2) is 9.54. The summed E-state index contributed by atoms with van der Waals surface area (Å²) >= 11 is -5.59. The molecule has 0 amide bonds. The van der Waals surface area contributed by atoms with Gasteiger partial charge in [-0.3, -0.25) is 0 Å². The number of hydrogen-bond acceptors (Lipinski definition) is 5. The van der Waals surface area contributed by atoms with Gasteiger partial charge < -0.3 is 0 Å². The Morgan fingerprint density at radius 2 is 1.00 bits per heavy atom. The second-order valence-corrected chi connectivity index (χ2v) is 37.3. The normalized spacial score (nSPS) is 15.1. The maximum atomic E-state index is 12.5. The predicted molar refractivity (Wildman–Crippen MR) is 116 cm³/mol.